The lowest BCUT2D eigenvalue weighted by molar-refractivity contribution is 0.558. The van der Waals surface area contributed by atoms with Gasteiger partial charge in [-0.25, -0.2) is 4.98 Å². The molecular weight excluding hydrogens is 272 g/mol. The van der Waals surface area contributed by atoms with Gasteiger partial charge in [0.15, 0.2) is 11.0 Å². The van der Waals surface area contributed by atoms with E-state index in [9.17, 15) is 0 Å². The first-order valence-electron chi connectivity index (χ1n) is 7.04. The Morgan fingerprint density at radius 3 is 3.05 bits per heavy atom. The Morgan fingerprint density at radius 1 is 1.45 bits per heavy atom. The Morgan fingerprint density at radius 2 is 2.30 bits per heavy atom. The summed E-state index contributed by atoms with van der Waals surface area (Å²) in [6.07, 6.45) is 2.88. The lowest BCUT2D eigenvalue weighted by Gasteiger charge is -2.26. The number of rotatable bonds is 4. The molecule has 3 heterocycles. The zero-order valence-corrected chi connectivity index (χ0v) is 12.7. The third-order valence-corrected chi connectivity index (χ3v) is 5.04. The number of nitrogens with two attached hydrogens (primary N) is 1. The maximum atomic E-state index is 5.87. The highest BCUT2D eigenvalue weighted by atomic mass is 32.1. The van der Waals surface area contributed by atoms with Gasteiger partial charge in [-0.2, -0.15) is 0 Å². The maximum Gasteiger partial charge on any atom is 0.186 e. The molecule has 0 saturated carbocycles. The summed E-state index contributed by atoms with van der Waals surface area (Å²) in [5, 5.41) is 9.18. The van der Waals surface area contributed by atoms with E-state index in [1.165, 1.54) is 10.6 Å². The fourth-order valence-corrected chi connectivity index (χ4v) is 3.52. The maximum absolute atomic E-state index is 5.87. The largest absolute Gasteiger partial charge is 0.339 e. The molecule has 6 nitrogen and oxygen atoms in total. The van der Waals surface area contributed by atoms with Crippen molar-refractivity contribution >= 4 is 16.5 Å². The number of hydrogen-bond acceptors (Lipinski definition) is 6. The fourth-order valence-electron chi connectivity index (χ4n) is 2.44. The average molecular weight is 292 g/mol. The number of hydrogen-bond donors (Lipinski definition) is 1. The topological polar surface area (TPSA) is 72.9 Å². The molecule has 2 N–H and O–H groups in total. The monoisotopic (exact) mass is 292 g/mol. The predicted octanol–water partition coefficient (Wildman–Crippen LogP) is 1.73. The highest BCUT2D eigenvalue weighted by Crippen LogP contribution is 2.33. The molecule has 7 heteroatoms. The highest BCUT2D eigenvalue weighted by molar-refractivity contribution is 7.15. The van der Waals surface area contributed by atoms with E-state index < -0.39 is 0 Å². The molecule has 0 saturated heterocycles. The van der Waals surface area contributed by atoms with Crippen LogP contribution >= 0.6 is 11.3 Å². The molecule has 0 radical (unpaired) electrons. The van der Waals surface area contributed by atoms with E-state index in [4.69, 9.17) is 10.7 Å². The summed E-state index contributed by atoms with van der Waals surface area (Å²) in [7, 11) is 0. The molecule has 20 heavy (non-hydrogen) atoms. The average Bonchev–Trinajstić information content (AvgIpc) is 3.11. The minimum Gasteiger partial charge on any atom is -0.339 e. The quantitative estimate of drug-likeness (QED) is 0.929. The van der Waals surface area contributed by atoms with Gasteiger partial charge in [0.1, 0.15) is 6.33 Å². The van der Waals surface area contributed by atoms with Gasteiger partial charge >= 0.3 is 0 Å². The summed E-state index contributed by atoms with van der Waals surface area (Å²) in [6.45, 7) is 7.61. The molecule has 1 atom stereocenters. The Labute approximate surface area is 122 Å². The summed E-state index contributed by atoms with van der Waals surface area (Å²) in [5.74, 6) is 1.47. The molecule has 1 unspecified atom stereocenters. The van der Waals surface area contributed by atoms with Crippen LogP contribution in [0.5, 0.6) is 0 Å². The number of thiazole rings is 1. The molecule has 0 amide bonds. The van der Waals surface area contributed by atoms with Crippen LogP contribution in [-0.2, 0) is 19.6 Å². The fraction of sp³-hybridized carbons (Fsp3) is 0.615. The third kappa shape index (κ3) is 2.31. The summed E-state index contributed by atoms with van der Waals surface area (Å²) in [5.41, 5.74) is 7.04. The van der Waals surface area contributed by atoms with Crippen LogP contribution in [0.2, 0.25) is 0 Å². The van der Waals surface area contributed by atoms with Gasteiger partial charge in [0.25, 0.3) is 0 Å². The second kappa shape index (κ2) is 5.49. The number of fused-ring (bicyclic) bond motifs is 1. The number of anilines is 1. The SMILES string of the molecule is CCC(C)c1nc(N2CCn3cnnc3C2)sc1CN. The zero-order chi connectivity index (χ0) is 14.1. The van der Waals surface area contributed by atoms with Crippen LogP contribution < -0.4 is 10.6 Å². The van der Waals surface area contributed by atoms with E-state index in [1.807, 2.05) is 0 Å². The Balaban J connectivity index is 1.86. The van der Waals surface area contributed by atoms with Crippen LogP contribution in [0.1, 0.15) is 42.6 Å². The first-order chi connectivity index (χ1) is 9.72. The summed E-state index contributed by atoms with van der Waals surface area (Å²) in [4.78, 5) is 8.33. The molecule has 1 aliphatic rings. The first kappa shape index (κ1) is 13.5. The van der Waals surface area contributed by atoms with Crippen molar-refractivity contribution in [2.75, 3.05) is 11.4 Å². The smallest absolute Gasteiger partial charge is 0.186 e. The van der Waals surface area contributed by atoms with Crippen LogP contribution in [0.25, 0.3) is 0 Å². The first-order valence-corrected chi connectivity index (χ1v) is 7.85. The predicted molar refractivity (Wildman–Crippen MR) is 79.8 cm³/mol. The lowest BCUT2D eigenvalue weighted by atomic mass is 10.0. The minimum absolute atomic E-state index is 0.465. The van der Waals surface area contributed by atoms with Crippen LogP contribution in [0.4, 0.5) is 5.13 Å². The molecule has 0 bridgehead atoms. The summed E-state index contributed by atoms with van der Waals surface area (Å²) >= 11 is 1.72. The van der Waals surface area contributed by atoms with Gasteiger partial charge in [-0.15, -0.1) is 21.5 Å². The molecule has 0 spiro atoms. The van der Waals surface area contributed by atoms with Crippen molar-refractivity contribution in [2.45, 2.75) is 45.8 Å². The number of aromatic nitrogens is 4. The molecule has 108 valence electrons. The second-order valence-electron chi connectivity index (χ2n) is 5.18. The van der Waals surface area contributed by atoms with Gasteiger partial charge < -0.3 is 15.2 Å². The van der Waals surface area contributed by atoms with Gasteiger partial charge in [-0.3, -0.25) is 0 Å². The minimum atomic E-state index is 0.465. The second-order valence-corrected chi connectivity index (χ2v) is 6.24. The molecule has 2 aromatic rings. The third-order valence-electron chi connectivity index (χ3n) is 3.89. The van der Waals surface area contributed by atoms with Crippen LogP contribution in [0.15, 0.2) is 6.33 Å². The van der Waals surface area contributed by atoms with Crippen molar-refractivity contribution in [3.8, 4) is 0 Å². The van der Waals surface area contributed by atoms with Crippen LogP contribution in [0, 0.1) is 0 Å². The normalized spacial score (nSPS) is 16.2. The Bertz CT molecular complexity index is 589. The van der Waals surface area contributed by atoms with Crippen molar-refractivity contribution < 1.29 is 0 Å². The van der Waals surface area contributed by atoms with Crippen LogP contribution in [-0.4, -0.2) is 26.3 Å². The van der Waals surface area contributed by atoms with Gasteiger partial charge in [0.05, 0.1) is 12.2 Å². The molecule has 1 aliphatic heterocycles. The van der Waals surface area contributed by atoms with Gasteiger partial charge in [-0.1, -0.05) is 13.8 Å². The summed E-state index contributed by atoms with van der Waals surface area (Å²) < 4.78 is 2.10. The standard InChI is InChI=1S/C13H20N6S/c1-3-9(2)12-10(6-14)20-13(16-12)18-4-5-19-8-15-17-11(19)7-18/h8-9H,3-7,14H2,1-2H3. The molecule has 0 aliphatic carbocycles. The lowest BCUT2D eigenvalue weighted by Crippen LogP contribution is -2.33. The molecule has 0 fully saturated rings. The molecule has 2 aromatic heterocycles. The van der Waals surface area contributed by atoms with E-state index >= 15 is 0 Å². The van der Waals surface area contributed by atoms with Crippen molar-refractivity contribution in [2.24, 2.45) is 5.73 Å². The van der Waals surface area contributed by atoms with Gasteiger partial charge in [-0.05, 0) is 12.3 Å². The Kier molecular flexibility index (Phi) is 3.71. The Hall–Kier alpha value is -1.47. The molecular formula is C13H20N6S. The number of nitrogens with zero attached hydrogens (tertiary/aromatic N) is 5. The van der Waals surface area contributed by atoms with E-state index in [1.54, 1.807) is 17.7 Å². The highest BCUT2D eigenvalue weighted by Gasteiger charge is 2.23. The van der Waals surface area contributed by atoms with Gasteiger partial charge in [0.2, 0.25) is 0 Å². The van der Waals surface area contributed by atoms with Crippen molar-refractivity contribution in [1.29, 1.82) is 0 Å². The van der Waals surface area contributed by atoms with E-state index in [0.29, 0.717) is 12.5 Å². The molecule has 3 rings (SSSR count). The van der Waals surface area contributed by atoms with Gasteiger partial charge in [0, 0.05) is 24.5 Å². The van der Waals surface area contributed by atoms with E-state index in [2.05, 4.69) is 33.5 Å². The van der Waals surface area contributed by atoms with Crippen LogP contribution in [0.3, 0.4) is 0 Å². The van der Waals surface area contributed by atoms with E-state index in [0.717, 1.165) is 37.0 Å². The van der Waals surface area contributed by atoms with E-state index in [-0.39, 0.29) is 0 Å². The van der Waals surface area contributed by atoms with Crippen molar-refractivity contribution in [1.82, 2.24) is 19.7 Å². The van der Waals surface area contributed by atoms with Crippen molar-refractivity contribution in [3.63, 3.8) is 0 Å². The van der Waals surface area contributed by atoms with Crippen molar-refractivity contribution in [3.05, 3.63) is 22.7 Å². The zero-order valence-electron chi connectivity index (χ0n) is 11.9. The summed E-state index contributed by atoms with van der Waals surface area (Å²) in [6, 6.07) is 0. The molecule has 0 aromatic carbocycles.